The quantitative estimate of drug-likeness (QED) is 0.337. The molecule has 1 N–H and O–H groups in total. The van der Waals surface area contributed by atoms with Crippen molar-refractivity contribution in [2.24, 2.45) is 0 Å². The molecule has 7 nitrogen and oxygen atoms in total. The third-order valence-electron chi connectivity index (χ3n) is 6.57. The summed E-state index contributed by atoms with van der Waals surface area (Å²) >= 11 is 1.40. The van der Waals surface area contributed by atoms with Gasteiger partial charge < -0.3 is 19.7 Å². The minimum atomic E-state index is -0.0402. The van der Waals surface area contributed by atoms with Gasteiger partial charge in [0.15, 0.2) is 5.13 Å². The van der Waals surface area contributed by atoms with E-state index in [9.17, 15) is 4.79 Å². The molecule has 0 saturated carbocycles. The van der Waals surface area contributed by atoms with Crippen LogP contribution in [0.1, 0.15) is 27.7 Å². The first kappa shape index (κ1) is 24.8. The highest BCUT2D eigenvalue weighted by molar-refractivity contribution is 7.14. The largest absolute Gasteiger partial charge is 0.497 e. The molecule has 3 aromatic carbocycles. The van der Waals surface area contributed by atoms with E-state index in [1.165, 1.54) is 22.5 Å². The van der Waals surface area contributed by atoms with Crippen molar-refractivity contribution in [2.75, 3.05) is 45.7 Å². The standard InChI is InChI=1S/C29H30N4O3S/c1-35-23-13-14-24(26(19-23)36-2)30-29-31-25(20-37-29)28(34)33-17-15-32(16-18-33)27(21-9-5-3-6-10-21)22-11-7-4-8-12-22/h3-14,19-20,27H,15-18H2,1-2H3,(H,30,31). The zero-order chi connectivity index (χ0) is 25.6. The van der Waals surface area contributed by atoms with Crippen LogP contribution in [0.25, 0.3) is 0 Å². The number of anilines is 2. The van der Waals surface area contributed by atoms with Gasteiger partial charge in [-0.15, -0.1) is 11.3 Å². The van der Waals surface area contributed by atoms with Gasteiger partial charge in [-0.25, -0.2) is 4.98 Å². The fourth-order valence-corrected chi connectivity index (χ4v) is 5.37. The van der Waals surface area contributed by atoms with Crippen LogP contribution in [0.4, 0.5) is 10.8 Å². The highest BCUT2D eigenvalue weighted by Crippen LogP contribution is 2.33. The zero-order valence-corrected chi connectivity index (χ0v) is 21.8. The summed E-state index contributed by atoms with van der Waals surface area (Å²) in [4.78, 5) is 22.2. The van der Waals surface area contributed by atoms with Crippen molar-refractivity contribution in [3.05, 3.63) is 101 Å². The van der Waals surface area contributed by atoms with Crippen molar-refractivity contribution in [2.45, 2.75) is 6.04 Å². The molecule has 1 aromatic heterocycles. The second-order valence-electron chi connectivity index (χ2n) is 8.78. The zero-order valence-electron chi connectivity index (χ0n) is 21.0. The Kier molecular flexibility index (Phi) is 7.67. The van der Waals surface area contributed by atoms with E-state index in [4.69, 9.17) is 9.47 Å². The molecule has 1 aliphatic heterocycles. The lowest BCUT2D eigenvalue weighted by Gasteiger charge is -2.39. The van der Waals surface area contributed by atoms with Gasteiger partial charge in [0.1, 0.15) is 17.2 Å². The van der Waals surface area contributed by atoms with Gasteiger partial charge in [0, 0.05) is 37.6 Å². The number of carbonyl (C=O) groups is 1. The van der Waals surface area contributed by atoms with E-state index in [2.05, 4.69) is 63.7 Å². The summed E-state index contributed by atoms with van der Waals surface area (Å²) in [5.74, 6) is 1.31. The minimum Gasteiger partial charge on any atom is -0.497 e. The number of methoxy groups -OCH3 is 2. The Morgan fingerprint density at radius 1 is 0.892 bits per heavy atom. The molecule has 0 aliphatic carbocycles. The fraction of sp³-hybridized carbons (Fsp3) is 0.241. The van der Waals surface area contributed by atoms with Crippen LogP contribution in [0, 0.1) is 0 Å². The predicted octanol–water partition coefficient (Wildman–Crippen LogP) is 5.45. The van der Waals surface area contributed by atoms with Crippen molar-refractivity contribution in [1.82, 2.24) is 14.8 Å². The molecule has 0 spiro atoms. The monoisotopic (exact) mass is 514 g/mol. The summed E-state index contributed by atoms with van der Waals surface area (Å²) in [6.45, 7) is 2.89. The van der Waals surface area contributed by atoms with Crippen LogP contribution in [-0.2, 0) is 0 Å². The van der Waals surface area contributed by atoms with E-state index in [0.717, 1.165) is 18.8 Å². The second kappa shape index (κ2) is 11.5. The number of hydrogen-bond donors (Lipinski definition) is 1. The summed E-state index contributed by atoms with van der Waals surface area (Å²) in [7, 11) is 3.22. The maximum Gasteiger partial charge on any atom is 0.273 e. The van der Waals surface area contributed by atoms with E-state index in [-0.39, 0.29) is 11.9 Å². The molecule has 1 aliphatic rings. The molecule has 0 radical (unpaired) electrons. The van der Waals surface area contributed by atoms with Crippen molar-refractivity contribution >= 4 is 28.1 Å². The Morgan fingerprint density at radius 2 is 1.54 bits per heavy atom. The van der Waals surface area contributed by atoms with E-state index < -0.39 is 0 Å². The number of thiazole rings is 1. The van der Waals surface area contributed by atoms with E-state index in [1.807, 2.05) is 34.5 Å². The molecule has 0 bridgehead atoms. The number of amides is 1. The molecule has 0 unspecified atom stereocenters. The van der Waals surface area contributed by atoms with Gasteiger partial charge in [-0.2, -0.15) is 0 Å². The summed E-state index contributed by atoms with van der Waals surface area (Å²) in [6, 6.07) is 26.8. The van der Waals surface area contributed by atoms with Gasteiger partial charge in [0.2, 0.25) is 0 Å². The molecule has 2 heterocycles. The maximum atomic E-state index is 13.3. The molecule has 0 atom stereocenters. The molecule has 37 heavy (non-hydrogen) atoms. The van der Waals surface area contributed by atoms with E-state index in [0.29, 0.717) is 35.4 Å². The SMILES string of the molecule is COc1ccc(Nc2nc(C(=O)N3CCN(C(c4ccccc4)c4ccccc4)CC3)cs2)c(OC)c1. The van der Waals surface area contributed by atoms with Crippen LogP contribution in [0.2, 0.25) is 0 Å². The van der Waals surface area contributed by atoms with Crippen LogP contribution in [0.5, 0.6) is 11.5 Å². The van der Waals surface area contributed by atoms with Gasteiger partial charge in [-0.1, -0.05) is 60.7 Å². The van der Waals surface area contributed by atoms with Gasteiger partial charge in [-0.05, 0) is 23.3 Å². The van der Waals surface area contributed by atoms with Crippen molar-refractivity contribution < 1.29 is 14.3 Å². The van der Waals surface area contributed by atoms with Crippen molar-refractivity contribution in [3.8, 4) is 11.5 Å². The Hall–Kier alpha value is -3.88. The first-order chi connectivity index (χ1) is 18.2. The third-order valence-corrected chi connectivity index (χ3v) is 7.33. The third kappa shape index (κ3) is 5.60. The molecule has 1 saturated heterocycles. The number of ether oxygens (including phenoxy) is 2. The highest BCUT2D eigenvalue weighted by Gasteiger charge is 2.29. The molecule has 190 valence electrons. The predicted molar refractivity (Wildman–Crippen MR) is 147 cm³/mol. The first-order valence-corrected chi connectivity index (χ1v) is 13.1. The lowest BCUT2D eigenvalue weighted by Crippen LogP contribution is -2.50. The van der Waals surface area contributed by atoms with Crippen LogP contribution >= 0.6 is 11.3 Å². The van der Waals surface area contributed by atoms with Gasteiger partial charge in [0.05, 0.1) is 25.9 Å². The van der Waals surface area contributed by atoms with E-state index in [1.54, 1.807) is 20.3 Å². The Bertz CT molecular complexity index is 1280. The molecular weight excluding hydrogens is 484 g/mol. The number of aromatic nitrogens is 1. The lowest BCUT2D eigenvalue weighted by molar-refractivity contribution is 0.0592. The Balaban J connectivity index is 1.25. The van der Waals surface area contributed by atoms with Crippen LogP contribution in [0.3, 0.4) is 0 Å². The fourth-order valence-electron chi connectivity index (χ4n) is 4.68. The number of rotatable bonds is 8. The summed E-state index contributed by atoms with van der Waals surface area (Å²) in [5, 5.41) is 5.71. The summed E-state index contributed by atoms with van der Waals surface area (Å²) < 4.78 is 10.7. The van der Waals surface area contributed by atoms with Crippen LogP contribution < -0.4 is 14.8 Å². The number of benzene rings is 3. The summed E-state index contributed by atoms with van der Waals surface area (Å²) in [5.41, 5.74) is 3.74. The highest BCUT2D eigenvalue weighted by atomic mass is 32.1. The summed E-state index contributed by atoms with van der Waals surface area (Å²) in [6.07, 6.45) is 0. The number of nitrogens with one attached hydrogen (secondary N) is 1. The molecule has 8 heteroatoms. The minimum absolute atomic E-state index is 0.0402. The molecule has 5 rings (SSSR count). The second-order valence-corrected chi connectivity index (χ2v) is 9.64. The first-order valence-electron chi connectivity index (χ1n) is 12.2. The topological polar surface area (TPSA) is 66.9 Å². The van der Waals surface area contributed by atoms with Gasteiger partial charge in [-0.3, -0.25) is 9.69 Å². The van der Waals surface area contributed by atoms with Crippen LogP contribution in [-0.4, -0.2) is 61.1 Å². The maximum absolute atomic E-state index is 13.3. The lowest BCUT2D eigenvalue weighted by atomic mass is 9.96. The number of nitrogens with zero attached hydrogens (tertiary/aromatic N) is 3. The molecular formula is C29H30N4O3S. The number of carbonyl (C=O) groups excluding carboxylic acids is 1. The van der Waals surface area contributed by atoms with Crippen LogP contribution in [0.15, 0.2) is 84.2 Å². The Labute approximate surface area is 221 Å². The van der Waals surface area contributed by atoms with Gasteiger partial charge in [0.25, 0.3) is 5.91 Å². The number of hydrogen-bond acceptors (Lipinski definition) is 7. The average molecular weight is 515 g/mol. The smallest absolute Gasteiger partial charge is 0.273 e. The average Bonchev–Trinajstić information content (AvgIpc) is 3.43. The van der Waals surface area contributed by atoms with Crippen molar-refractivity contribution in [1.29, 1.82) is 0 Å². The van der Waals surface area contributed by atoms with Crippen molar-refractivity contribution in [3.63, 3.8) is 0 Å². The van der Waals surface area contributed by atoms with E-state index >= 15 is 0 Å². The normalized spacial score (nSPS) is 14.0. The number of piperazine rings is 1. The molecule has 4 aromatic rings. The van der Waals surface area contributed by atoms with Gasteiger partial charge >= 0.3 is 0 Å². The Morgan fingerprint density at radius 3 is 2.14 bits per heavy atom. The molecule has 1 fully saturated rings. The molecule has 1 amide bonds.